The lowest BCUT2D eigenvalue weighted by Gasteiger charge is -2.12. The number of aryl methyl sites for hydroxylation is 2. The molecule has 0 unspecified atom stereocenters. The van der Waals surface area contributed by atoms with Gasteiger partial charge in [0.05, 0.1) is 10.5 Å². The van der Waals surface area contributed by atoms with Crippen molar-refractivity contribution in [2.24, 2.45) is 0 Å². The summed E-state index contributed by atoms with van der Waals surface area (Å²) in [5, 5.41) is 14.5. The first kappa shape index (κ1) is 19.7. The molecule has 10 heteroatoms. The van der Waals surface area contributed by atoms with Crippen LogP contribution in [-0.4, -0.2) is 20.8 Å². The maximum absolute atomic E-state index is 13.7. The van der Waals surface area contributed by atoms with E-state index in [1.165, 1.54) is 18.2 Å². The minimum Gasteiger partial charge on any atom is -0.334 e. The first-order valence-corrected chi connectivity index (χ1v) is 8.50. The van der Waals surface area contributed by atoms with E-state index in [4.69, 9.17) is 0 Å². The zero-order valence-electron chi connectivity index (χ0n) is 15.6. The zero-order chi connectivity index (χ0) is 21.0. The number of rotatable bonds is 6. The van der Waals surface area contributed by atoms with E-state index in [2.05, 4.69) is 26.1 Å². The number of hydrazine groups is 1. The van der Waals surface area contributed by atoms with Crippen molar-refractivity contribution in [2.75, 3.05) is 10.7 Å². The van der Waals surface area contributed by atoms with E-state index in [0.717, 1.165) is 23.5 Å². The van der Waals surface area contributed by atoms with Gasteiger partial charge in [-0.2, -0.15) is 0 Å². The molecule has 0 fully saturated rings. The van der Waals surface area contributed by atoms with Crippen molar-refractivity contribution >= 4 is 28.9 Å². The van der Waals surface area contributed by atoms with Crippen LogP contribution in [0.15, 0.2) is 48.8 Å². The molecule has 3 aromatic rings. The third kappa shape index (κ3) is 4.61. The van der Waals surface area contributed by atoms with E-state index in [9.17, 15) is 19.3 Å². The fourth-order valence-corrected chi connectivity index (χ4v) is 2.75. The molecule has 0 aliphatic carbocycles. The molecule has 29 heavy (non-hydrogen) atoms. The lowest BCUT2D eigenvalue weighted by molar-refractivity contribution is -0.383. The molecule has 0 saturated carbocycles. The smallest absolute Gasteiger partial charge is 0.334 e. The second-order valence-corrected chi connectivity index (χ2v) is 6.24. The predicted molar refractivity (Wildman–Crippen MR) is 105 cm³/mol. The number of carbonyl (C=O) groups is 1. The summed E-state index contributed by atoms with van der Waals surface area (Å²) in [4.78, 5) is 30.8. The second kappa shape index (κ2) is 8.30. The summed E-state index contributed by atoms with van der Waals surface area (Å²) >= 11 is 0. The fraction of sp³-hybridized carbons (Fsp3) is 0.105. The number of nitrogens with zero attached hydrogens (tertiary/aromatic N) is 3. The highest BCUT2D eigenvalue weighted by atomic mass is 19.1. The highest BCUT2D eigenvalue weighted by Gasteiger charge is 2.24. The van der Waals surface area contributed by atoms with Gasteiger partial charge in [-0.05, 0) is 49.2 Å². The van der Waals surface area contributed by atoms with Crippen LogP contribution < -0.4 is 16.2 Å². The Kier molecular flexibility index (Phi) is 5.63. The van der Waals surface area contributed by atoms with Gasteiger partial charge in [0.25, 0.3) is 5.91 Å². The van der Waals surface area contributed by atoms with Crippen molar-refractivity contribution in [3.05, 3.63) is 81.4 Å². The third-order valence-corrected chi connectivity index (χ3v) is 3.90. The Bertz CT molecular complexity index is 1070. The largest absolute Gasteiger partial charge is 0.355 e. The minimum atomic E-state index is -0.806. The predicted octanol–water partition coefficient (Wildman–Crippen LogP) is 3.64. The lowest BCUT2D eigenvalue weighted by Crippen LogP contribution is -2.31. The van der Waals surface area contributed by atoms with Crippen molar-refractivity contribution in [1.82, 2.24) is 15.4 Å². The number of nitrogens with one attached hydrogen (secondary N) is 3. The zero-order valence-corrected chi connectivity index (χ0v) is 15.6. The van der Waals surface area contributed by atoms with E-state index in [0.29, 0.717) is 5.69 Å². The molecule has 0 radical (unpaired) electrons. The van der Waals surface area contributed by atoms with Crippen molar-refractivity contribution in [3.8, 4) is 0 Å². The molecule has 2 aromatic carbocycles. The number of aromatic nitrogens is 2. The first-order chi connectivity index (χ1) is 13.8. The van der Waals surface area contributed by atoms with Gasteiger partial charge in [0.15, 0.2) is 0 Å². The molecule has 0 spiro atoms. The maximum atomic E-state index is 13.7. The van der Waals surface area contributed by atoms with Gasteiger partial charge in [0, 0.05) is 5.69 Å². The summed E-state index contributed by atoms with van der Waals surface area (Å²) in [6.45, 7) is 3.80. The number of halogens is 1. The molecule has 0 bridgehead atoms. The van der Waals surface area contributed by atoms with E-state index in [1.807, 2.05) is 32.0 Å². The monoisotopic (exact) mass is 396 g/mol. The van der Waals surface area contributed by atoms with Crippen LogP contribution in [0, 0.1) is 29.8 Å². The van der Waals surface area contributed by atoms with E-state index >= 15 is 0 Å². The number of hydrogen-bond donors (Lipinski definition) is 3. The molecule has 1 aromatic heterocycles. The van der Waals surface area contributed by atoms with Gasteiger partial charge >= 0.3 is 5.69 Å². The van der Waals surface area contributed by atoms with Gasteiger partial charge in [0.2, 0.25) is 11.6 Å². The van der Waals surface area contributed by atoms with Crippen LogP contribution in [0.4, 0.5) is 27.4 Å². The Hall–Kier alpha value is -4.08. The molecule has 3 rings (SSSR count). The van der Waals surface area contributed by atoms with Gasteiger partial charge < -0.3 is 5.32 Å². The van der Waals surface area contributed by atoms with Crippen LogP contribution in [0.25, 0.3) is 0 Å². The number of nitro groups is 1. The first-order valence-electron chi connectivity index (χ1n) is 8.50. The highest BCUT2D eigenvalue weighted by molar-refractivity contribution is 5.95. The number of hydrogen-bond acceptors (Lipinski definition) is 7. The van der Waals surface area contributed by atoms with Crippen molar-refractivity contribution in [3.63, 3.8) is 0 Å². The Morgan fingerprint density at radius 3 is 2.38 bits per heavy atom. The van der Waals surface area contributed by atoms with E-state index in [1.54, 1.807) is 0 Å². The van der Waals surface area contributed by atoms with Crippen LogP contribution >= 0.6 is 0 Å². The molecule has 1 amide bonds. The van der Waals surface area contributed by atoms with Gasteiger partial charge in [-0.15, -0.1) is 0 Å². The summed E-state index contributed by atoms with van der Waals surface area (Å²) in [6.07, 6.45) is 1.11. The Balaban J connectivity index is 1.86. The van der Waals surface area contributed by atoms with Crippen molar-refractivity contribution in [1.29, 1.82) is 0 Å². The summed E-state index contributed by atoms with van der Waals surface area (Å²) in [7, 11) is 0. The Morgan fingerprint density at radius 1 is 1.07 bits per heavy atom. The summed E-state index contributed by atoms with van der Waals surface area (Å²) in [5.74, 6) is -1.83. The van der Waals surface area contributed by atoms with Crippen molar-refractivity contribution < 1.29 is 14.1 Å². The standard InChI is InChI=1S/C19H17FN6O3/c1-11-7-12(2)9-13(8-11)23-17-16(26(28)29)18(22-10-21-17)24-25-19(27)14-5-3-4-6-15(14)20/h3-10H,1-2H3,(H,25,27)(H2,21,22,23,24). The van der Waals surface area contributed by atoms with Crippen LogP contribution in [-0.2, 0) is 0 Å². The summed E-state index contributed by atoms with van der Waals surface area (Å²) in [6, 6.07) is 10.9. The lowest BCUT2D eigenvalue weighted by atomic mass is 10.1. The summed E-state index contributed by atoms with van der Waals surface area (Å²) in [5.41, 5.74) is 6.45. The summed E-state index contributed by atoms with van der Waals surface area (Å²) < 4.78 is 13.7. The fourth-order valence-electron chi connectivity index (χ4n) is 2.75. The number of carbonyl (C=O) groups excluding carboxylic acids is 1. The SMILES string of the molecule is Cc1cc(C)cc(Nc2ncnc(NNC(=O)c3ccccc3F)c2[N+](=O)[O-])c1. The molecule has 148 valence electrons. The molecular formula is C19H17FN6O3. The molecule has 3 N–H and O–H groups in total. The van der Waals surface area contributed by atoms with Crippen LogP contribution in [0.5, 0.6) is 0 Å². The molecule has 0 saturated heterocycles. The van der Waals surface area contributed by atoms with Gasteiger partial charge in [-0.3, -0.25) is 25.8 Å². The molecule has 1 heterocycles. The molecule has 0 aliphatic heterocycles. The Morgan fingerprint density at radius 2 is 1.72 bits per heavy atom. The van der Waals surface area contributed by atoms with E-state index in [-0.39, 0.29) is 17.2 Å². The van der Waals surface area contributed by atoms with Gasteiger partial charge in [0.1, 0.15) is 12.1 Å². The van der Waals surface area contributed by atoms with E-state index < -0.39 is 22.3 Å². The third-order valence-electron chi connectivity index (χ3n) is 3.90. The average molecular weight is 396 g/mol. The van der Waals surface area contributed by atoms with Gasteiger partial charge in [-0.25, -0.2) is 14.4 Å². The average Bonchev–Trinajstić information content (AvgIpc) is 2.65. The topological polar surface area (TPSA) is 122 Å². The Labute approximate surface area is 165 Å². The molecular weight excluding hydrogens is 379 g/mol. The number of amides is 1. The molecule has 0 aliphatic rings. The highest BCUT2D eigenvalue weighted by Crippen LogP contribution is 2.31. The van der Waals surface area contributed by atoms with Crippen molar-refractivity contribution in [2.45, 2.75) is 13.8 Å². The number of benzene rings is 2. The van der Waals surface area contributed by atoms with Crippen LogP contribution in [0.1, 0.15) is 21.5 Å². The minimum absolute atomic E-state index is 0.0577. The second-order valence-electron chi connectivity index (χ2n) is 6.24. The maximum Gasteiger partial charge on any atom is 0.355 e. The number of anilines is 3. The van der Waals surface area contributed by atoms with Crippen LogP contribution in [0.2, 0.25) is 0 Å². The normalized spacial score (nSPS) is 10.3. The van der Waals surface area contributed by atoms with Crippen LogP contribution in [0.3, 0.4) is 0 Å². The quantitative estimate of drug-likeness (QED) is 0.429. The molecule has 9 nitrogen and oxygen atoms in total. The van der Waals surface area contributed by atoms with Gasteiger partial charge in [-0.1, -0.05) is 18.2 Å². The molecule has 0 atom stereocenters.